The Balaban J connectivity index is 2.23. The van der Waals surface area contributed by atoms with Crippen LogP contribution in [0.2, 0.25) is 0 Å². The number of aromatic nitrogens is 2. The van der Waals surface area contributed by atoms with Gasteiger partial charge in [-0.05, 0) is 38.4 Å². The first kappa shape index (κ1) is 14.1. The number of imidazole rings is 1. The maximum Gasteiger partial charge on any atom is 0.111 e. The Labute approximate surface area is 116 Å². The highest BCUT2D eigenvalue weighted by Crippen LogP contribution is 2.17. The first-order valence-electron chi connectivity index (χ1n) is 7.43. The molecule has 19 heavy (non-hydrogen) atoms. The second-order valence-corrected chi connectivity index (χ2v) is 5.23. The lowest BCUT2D eigenvalue weighted by Gasteiger charge is -2.14. The van der Waals surface area contributed by atoms with Crippen molar-refractivity contribution in [3.8, 4) is 0 Å². The van der Waals surface area contributed by atoms with Crippen LogP contribution in [0.1, 0.15) is 39.4 Å². The molecule has 1 heterocycles. The van der Waals surface area contributed by atoms with Crippen molar-refractivity contribution in [2.24, 2.45) is 0 Å². The molecule has 2 aromatic rings. The summed E-state index contributed by atoms with van der Waals surface area (Å²) in [6.45, 7) is 8.79. The summed E-state index contributed by atoms with van der Waals surface area (Å²) in [7, 11) is 0. The SMILES string of the molecule is CCCNC(C)Cc1nc2ccccc2n1CCC. The van der Waals surface area contributed by atoms with Crippen LogP contribution in [-0.4, -0.2) is 22.1 Å². The Morgan fingerprint density at radius 2 is 2.00 bits per heavy atom. The third kappa shape index (κ3) is 3.35. The van der Waals surface area contributed by atoms with Gasteiger partial charge in [0, 0.05) is 19.0 Å². The van der Waals surface area contributed by atoms with Crippen molar-refractivity contribution in [2.45, 2.75) is 52.6 Å². The Kier molecular flexibility index (Phi) is 4.97. The molecule has 0 aliphatic carbocycles. The van der Waals surface area contributed by atoms with Crippen molar-refractivity contribution in [3.63, 3.8) is 0 Å². The van der Waals surface area contributed by atoms with Crippen molar-refractivity contribution in [1.82, 2.24) is 14.9 Å². The second kappa shape index (κ2) is 6.71. The highest BCUT2D eigenvalue weighted by atomic mass is 15.1. The van der Waals surface area contributed by atoms with Gasteiger partial charge in [-0.15, -0.1) is 0 Å². The monoisotopic (exact) mass is 259 g/mol. The van der Waals surface area contributed by atoms with Gasteiger partial charge in [0.25, 0.3) is 0 Å². The van der Waals surface area contributed by atoms with E-state index in [1.807, 2.05) is 0 Å². The number of rotatable bonds is 7. The number of nitrogens with one attached hydrogen (secondary N) is 1. The molecule has 1 atom stereocenters. The van der Waals surface area contributed by atoms with Gasteiger partial charge in [0.2, 0.25) is 0 Å². The smallest absolute Gasteiger partial charge is 0.111 e. The van der Waals surface area contributed by atoms with Crippen LogP contribution in [0, 0.1) is 0 Å². The molecule has 0 bridgehead atoms. The predicted molar refractivity (Wildman–Crippen MR) is 81.5 cm³/mol. The second-order valence-electron chi connectivity index (χ2n) is 5.23. The number of hydrogen-bond donors (Lipinski definition) is 1. The van der Waals surface area contributed by atoms with E-state index in [4.69, 9.17) is 4.98 Å². The number of aryl methyl sites for hydroxylation is 1. The molecule has 0 aliphatic heterocycles. The maximum absolute atomic E-state index is 4.80. The van der Waals surface area contributed by atoms with Crippen LogP contribution in [-0.2, 0) is 13.0 Å². The topological polar surface area (TPSA) is 29.9 Å². The molecule has 0 saturated heterocycles. The van der Waals surface area contributed by atoms with Gasteiger partial charge in [0.05, 0.1) is 11.0 Å². The van der Waals surface area contributed by atoms with Crippen LogP contribution in [0.15, 0.2) is 24.3 Å². The lowest BCUT2D eigenvalue weighted by Crippen LogP contribution is -2.29. The Bertz CT molecular complexity index is 516. The summed E-state index contributed by atoms with van der Waals surface area (Å²) >= 11 is 0. The Hall–Kier alpha value is -1.35. The lowest BCUT2D eigenvalue weighted by molar-refractivity contribution is 0.517. The molecule has 3 heteroatoms. The largest absolute Gasteiger partial charge is 0.328 e. The van der Waals surface area contributed by atoms with E-state index < -0.39 is 0 Å². The molecule has 1 unspecified atom stereocenters. The molecule has 2 rings (SSSR count). The fourth-order valence-corrected chi connectivity index (χ4v) is 2.49. The third-order valence-electron chi connectivity index (χ3n) is 3.41. The summed E-state index contributed by atoms with van der Waals surface area (Å²) in [6, 6.07) is 8.92. The molecular formula is C16H25N3. The van der Waals surface area contributed by atoms with E-state index in [1.54, 1.807) is 0 Å². The molecule has 0 saturated carbocycles. The van der Waals surface area contributed by atoms with E-state index >= 15 is 0 Å². The minimum absolute atomic E-state index is 0.479. The lowest BCUT2D eigenvalue weighted by atomic mass is 10.2. The van der Waals surface area contributed by atoms with Gasteiger partial charge in [-0.1, -0.05) is 26.0 Å². The fraction of sp³-hybridized carbons (Fsp3) is 0.562. The van der Waals surface area contributed by atoms with Crippen LogP contribution < -0.4 is 5.32 Å². The zero-order valence-electron chi connectivity index (χ0n) is 12.3. The highest BCUT2D eigenvalue weighted by molar-refractivity contribution is 5.75. The number of hydrogen-bond acceptors (Lipinski definition) is 2. The van der Waals surface area contributed by atoms with E-state index in [-0.39, 0.29) is 0 Å². The predicted octanol–water partition coefficient (Wildman–Crippen LogP) is 3.38. The van der Waals surface area contributed by atoms with Gasteiger partial charge < -0.3 is 9.88 Å². The van der Waals surface area contributed by atoms with Crippen LogP contribution in [0.4, 0.5) is 0 Å². The van der Waals surface area contributed by atoms with Gasteiger partial charge in [-0.2, -0.15) is 0 Å². The highest BCUT2D eigenvalue weighted by Gasteiger charge is 2.12. The Morgan fingerprint density at radius 3 is 2.74 bits per heavy atom. The Morgan fingerprint density at radius 1 is 1.21 bits per heavy atom. The molecule has 0 fully saturated rings. The maximum atomic E-state index is 4.80. The van der Waals surface area contributed by atoms with E-state index in [0.29, 0.717) is 6.04 Å². The van der Waals surface area contributed by atoms with Crippen molar-refractivity contribution in [3.05, 3.63) is 30.1 Å². The summed E-state index contributed by atoms with van der Waals surface area (Å²) in [6.07, 6.45) is 3.31. The van der Waals surface area contributed by atoms with Crippen molar-refractivity contribution in [2.75, 3.05) is 6.54 Å². The molecule has 0 spiro atoms. The summed E-state index contributed by atoms with van der Waals surface area (Å²) in [5.74, 6) is 1.21. The average Bonchev–Trinajstić information content (AvgIpc) is 2.75. The summed E-state index contributed by atoms with van der Waals surface area (Å²) in [4.78, 5) is 4.80. The summed E-state index contributed by atoms with van der Waals surface area (Å²) in [5, 5.41) is 3.54. The summed E-state index contributed by atoms with van der Waals surface area (Å²) in [5.41, 5.74) is 2.38. The number of nitrogens with zero attached hydrogens (tertiary/aromatic N) is 2. The minimum atomic E-state index is 0.479. The summed E-state index contributed by atoms with van der Waals surface area (Å²) < 4.78 is 2.37. The average molecular weight is 259 g/mol. The number of fused-ring (bicyclic) bond motifs is 1. The van der Waals surface area contributed by atoms with Gasteiger partial charge in [0.1, 0.15) is 5.82 Å². The minimum Gasteiger partial charge on any atom is -0.328 e. The standard InChI is InChI=1S/C16H25N3/c1-4-10-17-13(3)12-16-18-14-8-6-7-9-15(14)19(16)11-5-2/h6-9,13,17H,4-5,10-12H2,1-3H3. The van der Waals surface area contributed by atoms with Crippen molar-refractivity contribution < 1.29 is 0 Å². The van der Waals surface area contributed by atoms with E-state index in [9.17, 15) is 0 Å². The zero-order chi connectivity index (χ0) is 13.7. The van der Waals surface area contributed by atoms with Crippen LogP contribution >= 0.6 is 0 Å². The van der Waals surface area contributed by atoms with Gasteiger partial charge in [-0.3, -0.25) is 0 Å². The number of para-hydroxylation sites is 2. The van der Waals surface area contributed by atoms with Gasteiger partial charge in [-0.25, -0.2) is 4.98 Å². The van der Waals surface area contributed by atoms with E-state index in [1.165, 1.54) is 17.8 Å². The quantitative estimate of drug-likeness (QED) is 0.826. The molecule has 1 N–H and O–H groups in total. The molecule has 1 aromatic heterocycles. The molecule has 1 aromatic carbocycles. The van der Waals surface area contributed by atoms with Crippen LogP contribution in [0.3, 0.4) is 0 Å². The number of benzene rings is 1. The van der Waals surface area contributed by atoms with Gasteiger partial charge >= 0.3 is 0 Å². The van der Waals surface area contributed by atoms with Crippen molar-refractivity contribution in [1.29, 1.82) is 0 Å². The van der Waals surface area contributed by atoms with E-state index in [0.717, 1.165) is 31.4 Å². The zero-order valence-corrected chi connectivity index (χ0v) is 12.3. The van der Waals surface area contributed by atoms with Gasteiger partial charge in [0.15, 0.2) is 0 Å². The molecule has 0 radical (unpaired) electrons. The van der Waals surface area contributed by atoms with Crippen LogP contribution in [0.25, 0.3) is 11.0 Å². The first-order valence-corrected chi connectivity index (χ1v) is 7.43. The first-order chi connectivity index (χ1) is 9.26. The molecular weight excluding hydrogens is 234 g/mol. The molecule has 0 aliphatic rings. The van der Waals surface area contributed by atoms with Crippen molar-refractivity contribution >= 4 is 11.0 Å². The molecule has 104 valence electrons. The van der Waals surface area contributed by atoms with Crippen LogP contribution in [0.5, 0.6) is 0 Å². The normalized spacial score (nSPS) is 13.0. The molecule has 3 nitrogen and oxygen atoms in total. The molecule has 0 amide bonds. The third-order valence-corrected chi connectivity index (χ3v) is 3.41. The fourth-order valence-electron chi connectivity index (χ4n) is 2.49. The van der Waals surface area contributed by atoms with E-state index in [2.05, 4.69) is 54.9 Å².